The summed E-state index contributed by atoms with van der Waals surface area (Å²) in [5.74, 6) is 2.78. The Morgan fingerprint density at radius 2 is 2.17 bits per heavy atom. The van der Waals surface area contributed by atoms with Gasteiger partial charge in [0.15, 0.2) is 0 Å². The Morgan fingerprint density at radius 1 is 1.39 bits per heavy atom. The highest BCUT2D eigenvalue weighted by molar-refractivity contribution is 5.84. The van der Waals surface area contributed by atoms with Crippen LogP contribution < -0.4 is 11.1 Å². The second-order valence-electron chi connectivity index (χ2n) is 6.94. The summed E-state index contributed by atoms with van der Waals surface area (Å²) in [4.78, 5) is 12.4. The summed E-state index contributed by atoms with van der Waals surface area (Å²) in [5, 5.41) is 3.28. The first-order chi connectivity index (χ1) is 8.64. The maximum absolute atomic E-state index is 12.4. The topological polar surface area (TPSA) is 55.1 Å². The van der Waals surface area contributed by atoms with Crippen molar-refractivity contribution in [2.45, 2.75) is 57.9 Å². The van der Waals surface area contributed by atoms with Crippen molar-refractivity contribution in [3.63, 3.8) is 0 Å². The van der Waals surface area contributed by atoms with Crippen LogP contribution in [0.1, 0.15) is 51.9 Å². The molecule has 2 bridgehead atoms. The molecule has 3 heteroatoms. The molecule has 0 aromatic heterocycles. The molecule has 4 atom stereocenters. The van der Waals surface area contributed by atoms with Crippen LogP contribution in [0.15, 0.2) is 0 Å². The number of fused-ring (bicyclic) bond motifs is 2. The number of carbonyl (C=O) groups excluding carboxylic acids is 1. The molecule has 1 amide bonds. The highest BCUT2D eigenvalue weighted by Crippen LogP contribution is 2.49. The Balaban J connectivity index is 1.57. The molecule has 3 nitrogen and oxygen atoms in total. The average Bonchev–Trinajstić information content (AvgIpc) is 2.89. The second kappa shape index (κ2) is 4.52. The van der Waals surface area contributed by atoms with E-state index < -0.39 is 0 Å². The monoisotopic (exact) mass is 250 g/mol. The van der Waals surface area contributed by atoms with Gasteiger partial charge in [0.1, 0.15) is 0 Å². The van der Waals surface area contributed by atoms with Gasteiger partial charge in [0, 0.05) is 12.6 Å². The summed E-state index contributed by atoms with van der Waals surface area (Å²) in [6.45, 7) is 2.72. The fourth-order valence-electron chi connectivity index (χ4n) is 4.50. The first-order valence-corrected chi connectivity index (χ1v) is 7.66. The minimum absolute atomic E-state index is 0.216. The summed E-state index contributed by atoms with van der Waals surface area (Å²) in [5.41, 5.74) is 5.58. The lowest BCUT2D eigenvalue weighted by Gasteiger charge is -2.41. The van der Waals surface area contributed by atoms with Gasteiger partial charge < -0.3 is 11.1 Å². The third-order valence-corrected chi connectivity index (χ3v) is 5.98. The van der Waals surface area contributed by atoms with E-state index in [0.717, 1.165) is 37.0 Å². The Morgan fingerprint density at radius 3 is 2.61 bits per heavy atom. The van der Waals surface area contributed by atoms with Gasteiger partial charge in [0.05, 0.1) is 5.41 Å². The molecule has 0 aliphatic heterocycles. The molecular formula is C15H26N2O. The number of amides is 1. The minimum atomic E-state index is -0.216. The molecule has 3 fully saturated rings. The summed E-state index contributed by atoms with van der Waals surface area (Å²) in [6.07, 6.45) is 8.69. The Bertz CT molecular complexity index is 332. The van der Waals surface area contributed by atoms with Crippen molar-refractivity contribution in [1.29, 1.82) is 0 Å². The number of rotatable bonds is 4. The maximum Gasteiger partial charge on any atom is 0.227 e. The van der Waals surface area contributed by atoms with Crippen LogP contribution in [0.2, 0.25) is 0 Å². The van der Waals surface area contributed by atoms with Crippen molar-refractivity contribution in [3.05, 3.63) is 0 Å². The molecule has 0 spiro atoms. The zero-order valence-electron chi connectivity index (χ0n) is 11.5. The van der Waals surface area contributed by atoms with Gasteiger partial charge in [0.2, 0.25) is 5.91 Å². The van der Waals surface area contributed by atoms with E-state index in [1.165, 1.54) is 25.7 Å². The van der Waals surface area contributed by atoms with Gasteiger partial charge in [-0.2, -0.15) is 0 Å². The van der Waals surface area contributed by atoms with E-state index in [2.05, 4.69) is 12.2 Å². The first kappa shape index (κ1) is 12.5. The molecule has 3 rings (SSSR count). The van der Waals surface area contributed by atoms with Crippen molar-refractivity contribution in [2.24, 2.45) is 28.9 Å². The van der Waals surface area contributed by atoms with E-state index in [9.17, 15) is 4.79 Å². The van der Waals surface area contributed by atoms with E-state index >= 15 is 0 Å². The van der Waals surface area contributed by atoms with E-state index in [4.69, 9.17) is 5.73 Å². The zero-order chi connectivity index (χ0) is 12.8. The minimum Gasteiger partial charge on any atom is -0.353 e. The number of hydrogen-bond acceptors (Lipinski definition) is 2. The van der Waals surface area contributed by atoms with E-state index in [0.29, 0.717) is 12.6 Å². The lowest BCUT2D eigenvalue weighted by Crippen LogP contribution is -2.53. The van der Waals surface area contributed by atoms with Crippen LogP contribution in [0, 0.1) is 23.2 Å². The van der Waals surface area contributed by atoms with Gasteiger partial charge in [-0.05, 0) is 56.8 Å². The second-order valence-corrected chi connectivity index (χ2v) is 6.94. The molecule has 0 radical (unpaired) electrons. The quantitative estimate of drug-likeness (QED) is 0.802. The van der Waals surface area contributed by atoms with E-state index in [-0.39, 0.29) is 11.3 Å². The fourth-order valence-corrected chi connectivity index (χ4v) is 4.50. The molecule has 3 saturated carbocycles. The van der Waals surface area contributed by atoms with Gasteiger partial charge >= 0.3 is 0 Å². The molecule has 0 aromatic carbocycles. The van der Waals surface area contributed by atoms with E-state index in [1.807, 2.05) is 0 Å². The van der Waals surface area contributed by atoms with Gasteiger partial charge in [-0.1, -0.05) is 12.8 Å². The number of carbonyl (C=O) groups is 1. The third kappa shape index (κ3) is 1.87. The van der Waals surface area contributed by atoms with Crippen LogP contribution in [-0.2, 0) is 4.79 Å². The molecule has 0 aromatic rings. The van der Waals surface area contributed by atoms with Crippen LogP contribution in [0.3, 0.4) is 0 Å². The molecule has 18 heavy (non-hydrogen) atoms. The highest BCUT2D eigenvalue weighted by atomic mass is 16.2. The van der Waals surface area contributed by atoms with Gasteiger partial charge in [-0.3, -0.25) is 4.79 Å². The van der Waals surface area contributed by atoms with Crippen molar-refractivity contribution in [1.82, 2.24) is 5.32 Å². The normalized spacial score (nSPS) is 38.2. The SMILES string of the molecule is CC(NC(=O)C1(CN)CCC1)C1CC2CCC1C2. The summed E-state index contributed by atoms with van der Waals surface area (Å²) in [6, 6.07) is 0.344. The smallest absolute Gasteiger partial charge is 0.227 e. The highest BCUT2D eigenvalue weighted by Gasteiger charge is 2.46. The van der Waals surface area contributed by atoms with Gasteiger partial charge in [-0.15, -0.1) is 0 Å². The molecule has 4 unspecified atom stereocenters. The third-order valence-electron chi connectivity index (χ3n) is 5.98. The van der Waals surface area contributed by atoms with Crippen molar-refractivity contribution in [2.75, 3.05) is 6.54 Å². The Labute approximate surface area is 110 Å². The molecule has 0 saturated heterocycles. The van der Waals surface area contributed by atoms with Crippen molar-refractivity contribution >= 4 is 5.91 Å². The van der Waals surface area contributed by atoms with E-state index in [1.54, 1.807) is 0 Å². The largest absolute Gasteiger partial charge is 0.353 e. The molecular weight excluding hydrogens is 224 g/mol. The standard InChI is InChI=1S/C15H26N2O/c1-10(13-8-11-3-4-12(13)7-11)17-14(18)15(9-16)5-2-6-15/h10-13H,2-9,16H2,1H3,(H,17,18). The molecule has 3 N–H and O–H groups in total. The average molecular weight is 250 g/mol. The predicted molar refractivity (Wildman–Crippen MR) is 71.9 cm³/mol. The number of nitrogens with one attached hydrogen (secondary N) is 1. The fraction of sp³-hybridized carbons (Fsp3) is 0.933. The lowest BCUT2D eigenvalue weighted by atomic mass is 9.68. The van der Waals surface area contributed by atoms with Crippen molar-refractivity contribution < 1.29 is 4.79 Å². The van der Waals surface area contributed by atoms with Crippen molar-refractivity contribution in [3.8, 4) is 0 Å². The van der Waals surface area contributed by atoms with Gasteiger partial charge in [0.25, 0.3) is 0 Å². The predicted octanol–water partition coefficient (Wildman–Crippen LogP) is 2.06. The maximum atomic E-state index is 12.4. The van der Waals surface area contributed by atoms with Crippen LogP contribution in [0.25, 0.3) is 0 Å². The first-order valence-electron chi connectivity index (χ1n) is 7.66. The van der Waals surface area contributed by atoms with Crippen LogP contribution in [0.4, 0.5) is 0 Å². The van der Waals surface area contributed by atoms with Crippen LogP contribution >= 0.6 is 0 Å². The summed E-state index contributed by atoms with van der Waals surface area (Å²) < 4.78 is 0. The Hall–Kier alpha value is -0.570. The van der Waals surface area contributed by atoms with Crippen LogP contribution in [-0.4, -0.2) is 18.5 Å². The zero-order valence-corrected chi connectivity index (χ0v) is 11.5. The summed E-state index contributed by atoms with van der Waals surface area (Å²) >= 11 is 0. The number of nitrogens with two attached hydrogens (primary N) is 1. The Kier molecular flexibility index (Phi) is 3.13. The summed E-state index contributed by atoms with van der Waals surface area (Å²) in [7, 11) is 0. The van der Waals surface area contributed by atoms with Crippen LogP contribution in [0.5, 0.6) is 0 Å². The lowest BCUT2D eigenvalue weighted by molar-refractivity contribution is -0.136. The molecule has 102 valence electrons. The van der Waals surface area contributed by atoms with Gasteiger partial charge in [-0.25, -0.2) is 0 Å². The molecule has 3 aliphatic rings. The molecule has 3 aliphatic carbocycles. The number of hydrogen-bond donors (Lipinski definition) is 2. The molecule has 0 heterocycles.